The molecule has 2 aromatic rings. The summed E-state index contributed by atoms with van der Waals surface area (Å²) in [6.45, 7) is 7.21. The van der Waals surface area contributed by atoms with Crippen LogP contribution in [0, 0.1) is 17.8 Å². The smallest absolute Gasteiger partial charge is 0.308 e. The number of benzene rings is 1. The SMILES string of the molecule is COC(=O)[C@@H](C)C[C@H](Cc1ccccc1)NC(=O)c1csc([C@@H](CC(C(C)C)N(C)C(=O)C2CCC2)OC(C)=O)n1. The molecule has 224 valence electrons. The Hall–Kier alpha value is -3.27. The Labute approximate surface area is 247 Å². The van der Waals surface area contributed by atoms with Gasteiger partial charge in [0.1, 0.15) is 10.7 Å². The third kappa shape index (κ3) is 9.11. The molecule has 9 nitrogen and oxygen atoms in total. The van der Waals surface area contributed by atoms with E-state index in [1.807, 2.05) is 51.2 Å². The maximum atomic E-state index is 13.3. The molecule has 1 aromatic carbocycles. The third-order valence-electron chi connectivity index (χ3n) is 7.76. The van der Waals surface area contributed by atoms with Gasteiger partial charge in [0.15, 0.2) is 6.10 Å². The fraction of sp³-hybridized carbons (Fsp3) is 0.581. The quantitative estimate of drug-likeness (QED) is 0.312. The van der Waals surface area contributed by atoms with E-state index in [2.05, 4.69) is 10.3 Å². The number of ether oxygens (including phenoxy) is 2. The van der Waals surface area contributed by atoms with Crippen LogP contribution >= 0.6 is 11.3 Å². The van der Waals surface area contributed by atoms with Gasteiger partial charge in [-0.1, -0.05) is 57.5 Å². The minimum atomic E-state index is -0.692. The Morgan fingerprint density at radius 1 is 1.10 bits per heavy atom. The van der Waals surface area contributed by atoms with Gasteiger partial charge in [0.2, 0.25) is 5.91 Å². The van der Waals surface area contributed by atoms with Gasteiger partial charge in [0.05, 0.1) is 13.0 Å². The molecule has 1 fully saturated rings. The van der Waals surface area contributed by atoms with Gasteiger partial charge in [-0.25, -0.2) is 4.98 Å². The minimum Gasteiger partial charge on any atom is -0.469 e. The lowest BCUT2D eigenvalue weighted by atomic mass is 9.83. The van der Waals surface area contributed by atoms with Gasteiger partial charge in [-0.2, -0.15) is 0 Å². The Bertz CT molecular complexity index is 1180. The maximum Gasteiger partial charge on any atom is 0.308 e. The molecule has 1 aromatic heterocycles. The van der Waals surface area contributed by atoms with Crippen molar-refractivity contribution in [2.75, 3.05) is 14.2 Å². The average Bonchev–Trinajstić information content (AvgIpc) is 3.39. The molecule has 41 heavy (non-hydrogen) atoms. The Morgan fingerprint density at radius 2 is 1.78 bits per heavy atom. The molecule has 0 radical (unpaired) electrons. The highest BCUT2D eigenvalue weighted by atomic mass is 32.1. The van der Waals surface area contributed by atoms with Crippen LogP contribution in [0.15, 0.2) is 35.7 Å². The van der Waals surface area contributed by atoms with Crippen LogP contribution in [-0.2, 0) is 30.3 Å². The number of carbonyl (C=O) groups is 4. The van der Waals surface area contributed by atoms with Crippen molar-refractivity contribution in [1.29, 1.82) is 0 Å². The zero-order chi connectivity index (χ0) is 30.1. The van der Waals surface area contributed by atoms with Crippen molar-refractivity contribution < 1.29 is 28.7 Å². The first-order valence-electron chi connectivity index (χ1n) is 14.3. The number of aromatic nitrogens is 1. The van der Waals surface area contributed by atoms with Crippen LogP contribution in [0.5, 0.6) is 0 Å². The largest absolute Gasteiger partial charge is 0.469 e. The standard InChI is InChI=1S/C31H43N3O6S/c1-19(2)26(34(5)30(37)23-13-10-14-23)17-27(40-21(4)35)29-33-25(18-41-29)28(36)32-24(15-20(3)31(38)39-6)16-22-11-8-7-9-12-22/h7-9,11-12,18-20,23-24,26-27H,10,13-17H2,1-6H3,(H,32,36)/t20-,24+,26?,27+/m0/s1. The van der Waals surface area contributed by atoms with Gasteiger partial charge in [0.25, 0.3) is 5.91 Å². The molecule has 3 rings (SSSR count). The third-order valence-corrected chi connectivity index (χ3v) is 8.70. The number of hydrogen-bond donors (Lipinski definition) is 1. The summed E-state index contributed by atoms with van der Waals surface area (Å²) in [6.07, 6.45) is 3.53. The number of amides is 2. The molecular formula is C31H43N3O6S. The number of carbonyl (C=O) groups excluding carboxylic acids is 4. The van der Waals surface area contributed by atoms with E-state index in [0.717, 1.165) is 24.8 Å². The van der Waals surface area contributed by atoms with Gasteiger partial charge >= 0.3 is 11.9 Å². The summed E-state index contributed by atoms with van der Waals surface area (Å²) >= 11 is 1.25. The van der Waals surface area contributed by atoms with E-state index in [4.69, 9.17) is 9.47 Å². The van der Waals surface area contributed by atoms with Gasteiger partial charge in [-0.15, -0.1) is 11.3 Å². The Kier molecular flexibility index (Phi) is 11.9. The first-order chi connectivity index (χ1) is 19.5. The van der Waals surface area contributed by atoms with Crippen LogP contribution in [0.4, 0.5) is 0 Å². The summed E-state index contributed by atoms with van der Waals surface area (Å²) in [5.41, 5.74) is 1.25. The molecular weight excluding hydrogens is 542 g/mol. The predicted octanol–water partition coefficient (Wildman–Crippen LogP) is 4.96. The zero-order valence-corrected chi connectivity index (χ0v) is 25.7. The van der Waals surface area contributed by atoms with E-state index in [-0.39, 0.29) is 47.4 Å². The van der Waals surface area contributed by atoms with Crippen LogP contribution in [0.25, 0.3) is 0 Å². The van der Waals surface area contributed by atoms with Crippen LogP contribution in [-0.4, -0.2) is 59.9 Å². The molecule has 1 unspecified atom stereocenters. The fourth-order valence-corrected chi connectivity index (χ4v) is 6.06. The monoisotopic (exact) mass is 585 g/mol. The van der Waals surface area contributed by atoms with Crippen molar-refractivity contribution >= 4 is 35.1 Å². The molecule has 1 heterocycles. The number of hydrogen-bond acceptors (Lipinski definition) is 8. The lowest BCUT2D eigenvalue weighted by Crippen LogP contribution is -2.45. The Balaban J connectivity index is 1.77. The molecule has 10 heteroatoms. The number of nitrogens with one attached hydrogen (secondary N) is 1. The van der Waals surface area contributed by atoms with Crippen molar-refractivity contribution in [2.24, 2.45) is 17.8 Å². The molecule has 0 spiro atoms. The summed E-state index contributed by atoms with van der Waals surface area (Å²) in [7, 11) is 3.17. The van der Waals surface area contributed by atoms with E-state index in [9.17, 15) is 19.2 Å². The molecule has 4 atom stereocenters. The lowest BCUT2D eigenvalue weighted by Gasteiger charge is -2.37. The van der Waals surface area contributed by atoms with Crippen molar-refractivity contribution in [3.05, 3.63) is 52.0 Å². The second-order valence-corrected chi connectivity index (χ2v) is 12.2. The molecule has 1 N–H and O–H groups in total. The summed E-state index contributed by atoms with van der Waals surface area (Å²) in [5.74, 6) is -1.24. The first-order valence-corrected chi connectivity index (χ1v) is 15.2. The van der Waals surface area contributed by atoms with Crippen LogP contribution in [0.2, 0.25) is 0 Å². The van der Waals surface area contributed by atoms with Crippen LogP contribution in [0.3, 0.4) is 0 Å². The molecule has 1 aliphatic carbocycles. The fourth-order valence-electron chi connectivity index (χ4n) is 5.22. The van der Waals surface area contributed by atoms with E-state index in [1.54, 1.807) is 17.2 Å². The topological polar surface area (TPSA) is 115 Å². The maximum absolute atomic E-state index is 13.3. The second-order valence-electron chi connectivity index (χ2n) is 11.3. The summed E-state index contributed by atoms with van der Waals surface area (Å²) in [5, 5.41) is 5.19. The van der Waals surface area contributed by atoms with Crippen LogP contribution < -0.4 is 5.32 Å². The van der Waals surface area contributed by atoms with E-state index < -0.39 is 18.0 Å². The van der Waals surface area contributed by atoms with E-state index in [0.29, 0.717) is 24.3 Å². The number of rotatable bonds is 14. The van der Waals surface area contributed by atoms with Gasteiger partial charge in [-0.3, -0.25) is 19.2 Å². The number of thiazole rings is 1. The number of esters is 2. The highest BCUT2D eigenvalue weighted by molar-refractivity contribution is 7.09. The average molecular weight is 586 g/mol. The Morgan fingerprint density at radius 3 is 2.34 bits per heavy atom. The number of methoxy groups -OCH3 is 1. The highest BCUT2D eigenvalue weighted by Crippen LogP contribution is 2.33. The summed E-state index contributed by atoms with van der Waals surface area (Å²) < 4.78 is 10.6. The van der Waals surface area contributed by atoms with Crippen molar-refractivity contribution in [3.63, 3.8) is 0 Å². The van der Waals surface area contributed by atoms with Crippen LogP contribution in [0.1, 0.15) is 87.0 Å². The lowest BCUT2D eigenvalue weighted by molar-refractivity contribution is -0.149. The molecule has 1 saturated carbocycles. The van der Waals surface area contributed by atoms with Crippen molar-refractivity contribution in [2.45, 2.75) is 84.4 Å². The molecule has 0 saturated heterocycles. The zero-order valence-electron chi connectivity index (χ0n) is 24.9. The molecule has 0 bridgehead atoms. The van der Waals surface area contributed by atoms with Crippen molar-refractivity contribution in [3.8, 4) is 0 Å². The van der Waals surface area contributed by atoms with Gasteiger partial charge in [0, 0.05) is 43.8 Å². The minimum absolute atomic E-state index is 0.0642. The van der Waals surface area contributed by atoms with Gasteiger partial charge in [-0.05, 0) is 37.2 Å². The molecule has 0 aliphatic heterocycles. The normalized spacial score (nSPS) is 16.2. The second kappa shape index (κ2) is 15.1. The summed E-state index contributed by atoms with van der Waals surface area (Å²) in [4.78, 5) is 56.8. The van der Waals surface area contributed by atoms with E-state index >= 15 is 0 Å². The molecule has 2 amide bonds. The first kappa shape index (κ1) is 32.2. The molecule has 1 aliphatic rings. The highest BCUT2D eigenvalue weighted by Gasteiger charge is 2.35. The summed E-state index contributed by atoms with van der Waals surface area (Å²) in [6, 6.07) is 9.25. The van der Waals surface area contributed by atoms with Gasteiger partial charge < -0.3 is 19.7 Å². The predicted molar refractivity (Wildman–Crippen MR) is 157 cm³/mol. The number of nitrogens with zero attached hydrogens (tertiary/aromatic N) is 2. The van der Waals surface area contributed by atoms with E-state index in [1.165, 1.54) is 25.4 Å². The van der Waals surface area contributed by atoms with Crippen molar-refractivity contribution in [1.82, 2.24) is 15.2 Å².